The topological polar surface area (TPSA) is 51.8 Å². The molecule has 5 aliphatic rings. The lowest BCUT2D eigenvalue weighted by Crippen LogP contribution is -2.36. The Morgan fingerprint density at radius 3 is 0.717 bits per heavy atom. The van der Waals surface area contributed by atoms with E-state index in [2.05, 4.69) is 525 Å². The molecule has 13 aromatic rings. The van der Waals surface area contributed by atoms with Crippen LogP contribution in [0.1, 0.15) is 79.1 Å². The van der Waals surface area contributed by atoms with Gasteiger partial charge in [0, 0.05) is 149 Å². The van der Waals surface area contributed by atoms with Crippen LogP contribution >= 0.6 is 0 Å². The number of benzene rings is 8. The van der Waals surface area contributed by atoms with Gasteiger partial charge in [-0.05, 0) is 244 Å². The van der Waals surface area contributed by atoms with Gasteiger partial charge in [-0.2, -0.15) is 0 Å². The third-order valence-electron chi connectivity index (χ3n) is 25.5. The largest absolute Gasteiger partial charge is 0.359 e. The monoisotopic (exact) mass is 1590 g/mol. The van der Waals surface area contributed by atoms with Crippen molar-refractivity contribution >= 4 is 62.6 Å². The zero-order chi connectivity index (χ0) is 85.2. The lowest BCUT2D eigenvalue weighted by atomic mass is 10.0. The van der Waals surface area contributed by atoms with E-state index in [0.717, 1.165) is 0 Å². The number of fused-ring (bicyclic) bond motifs is 3. The summed E-state index contributed by atoms with van der Waals surface area (Å²) in [5.41, 5.74) is 37.1. The van der Waals surface area contributed by atoms with Crippen LogP contribution in [0.3, 0.4) is 0 Å². The fourth-order valence-electron chi connectivity index (χ4n) is 17.7. The summed E-state index contributed by atoms with van der Waals surface area (Å²) in [7, 11) is 21.2. The Morgan fingerprint density at radius 1 is 0.217 bits per heavy atom. The predicted molar refractivity (Wildman–Crippen MR) is 500 cm³/mol. The lowest BCUT2D eigenvalue weighted by Gasteiger charge is -2.29. The Balaban J connectivity index is 0.000000123. The fraction of sp³-hybridized carbons (Fsp3) is 0.267. The Morgan fingerprint density at radius 2 is 0.450 bits per heavy atom. The average Bonchev–Trinajstić information content (AvgIpc) is 1.60. The number of aromatic nitrogens is 5. The molecule has 612 valence electrons. The maximum absolute atomic E-state index is 2.45. The highest BCUT2D eigenvalue weighted by Crippen LogP contribution is 2.49. The molecule has 0 unspecified atom stereocenters. The zero-order valence-corrected chi connectivity index (χ0v) is 74.8. The summed E-state index contributed by atoms with van der Waals surface area (Å²) in [4.78, 5) is 23.4. The van der Waals surface area contributed by atoms with Crippen LogP contribution in [0, 0.1) is 55.4 Å². The standard InChI is InChI=1S/C23H26N3.2C22H24N3.2C19H24N3/c1-16-13-14-24(4)23(15-16)19-9-8-12-20(17(19)2)26-18(3)25(5)21-10-6-7-11-22(21)26;2*1-16-18(20-11-7-8-15-23(20)3)10-9-14-19(16)25-17(2)24(4)21-12-5-6-13-22(21)25;2*1-14-9-10-21(5)19(13-14)17-7-6-8-18(15(17)2)22-12-11-20(4)16(22)3/h6-15,18H,1-5H3;2*5-15,17H,1-4H3;2*6-13,16H,1-5H3/q5*+1/t18-;2*17-;2*16-/m00000/s1. The zero-order valence-electron chi connectivity index (χ0n) is 74.8. The Bertz CT molecular complexity index is 5700. The van der Waals surface area contributed by atoms with Crippen molar-refractivity contribution in [2.45, 2.75) is 121 Å². The van der Waals surface area contributed by atoms with Gasteiger partial charge in [0.2, 0.25) is 28.5 Å². The van der Waals surface area contributed by atoms with Gasteiger partial charge in [0.15, 0.2) is 31.0 Å². The highest BCUT2D eigenvalue weighted by Gasteiger charge is 2.37. The first-order valence-electron chi connectivity index (χ1n) is 42.1. The molecule has 10 heterocycles. The molecule has 15 heteroatoms. The maximum atomic E-state index is 2.45. The SMILES string of the molecule is Cc1c(-c2cccc[n+]2C)cccc1N1c2ccccc2N(C)[C@@H]1C.Cc1c(-c2cccc[n+]2C)cccc1N1c2ccccc2N(C)[C@@H]1C.Cc1cc[n+](C)c(-c2cccc(N3C=CN(C)[C@@H]3C)c2C)c1.Cc1cc[n+](C)c(-c2cccc(N3C=CN(C)[C@@H]3C)c2C)c1.Cc1cc[n+](C)c(-c2cccc(N3c4ccccc4N(C)[C@@H]3C)c2C)c1. The van der Waals surface area contributed by atoms with Crippen LogP contribution in [0.25, 0.3) is 56.3 Å². The predicted octanol–water partition coefficient (Wildman–Crippen LogP) is 20.3. The Kier molecular flexibility index (Phi) is 24.5. The van der Waals surface area contributed by atoms with Gasteiger partial charge in [-0.15, -0.1) is 0 Å². The average molecular weight is 1590 g/mol. The van der Waals surface area contributed by atoms with Crippen LogP contribution in [0.15, 0.2) is 292 Å². The van der Waals surface area contributed by atoms with Crippen LogP contribution in [-0.2, 0) is 35.2 Å². The van der Waals surface area contributed by atoms with E-state index >= 15 is 0 Å². The molecule has 0 saturated carbocycles. The highest BCUT2D eigenvalue weighted by molar-refractivity contribution is 5.89. The summed E-state index contributed by atoms with van der Waals surface area (Å²) >= 11 is 0. The van der Waals surface area contributed by atoms with Gasteiger partial charge in [-0.25, -0.2) is 22.8 Å². The van der Waals surface area contributed by atoms with Gasteiger partial charge < -0.3 is 49.0 Å². The third kappa shape index (κ3) is 16.2. The van der Waals surface area contributed by atoms with Gasteiger partial charge in [0.25, 0.3) is 0 Å². The second-order valence-electron chi connectivity index (χ2n) is 33.1. The summed E-state index contributed by atoms with van der Waals surface area (Å²) in [6.07, 6.45) is 20.7. The number of hydrogen-bond acceptors (Lipinski definition) is 10. The number of para-hydroxylation sites is 6. The first-order chi connectivity index (χ1) is 57.6. The molecule has 15 nitrogen and oxygen atoms in total. The molecular formula is C105H122N15+5. The van der Waals surface area contributed by atoms with Crippen LogP contribution in [0.4, 0.5) is 62.6 Å². The molecule has 0 saturated heterocycles. The molecule has 0 fully saturated rings. The van der Waals surface area contributed by atoms with Crippen LogP contribution in [0.5, 0.6) is 0 Å². The van der Waals surface area contributed by atoms with E-state index < -0.39 is 0 Å². The minimum Gasteiger partial charge on any atom is -0.359 e. The van der Waals surface area contributed by atoms with Gasteiger partial charge >= 0.3 is 0 Å². The number of nitrogens with zero attached hydrogens (tertiary/aromatic N) is 15. The minimum atomic E-state index is 0.285. The molecule has 0 radical (unpaired) electrons. The maximum Gasteiger partial charge on any atom is 0.212 e. The van der Waals surface area contributed by atoms with Gasteiger partial charge in [0.1, 0.15) is 66.1 Å². The number of anilines is 11. The first kappa shape index (κ1) is 83.5. The van der Waals surface area contributed by atoms with E-state index in [1.165, 1.54) is 163 Å². The smallest absolute Gasteiger partial charge is 0.212 e. The molecule has 120 heavy (non-hydrogen) atoms. The van der Waals surface area contributed by atoms with E-state index in [4.69, 9.17) is 0 Å². The van der Waals surface area contributed by atoms with Gasteiger partial charge in [0.05, 0.1) is 61.9 Å². The molecule has 0 spiro atoms. The molecule has 0 N–H and O–H groups in total. The van der Waals surface area contributed by atoms with Gasteiger partial charge in [-0.1, -0.05) is 66.7 Å². The molecule has 5 aliphatic heterocycles. The third-order valence-corrected chi connectivity index (χ3v) is 25.5. The van der Waals surface area contributed by atoms with Crippen molar-refractivity contribution in [2.24, 2.45) is 35.2 Å². The Labute approximate surface area is 714 Å². The van der Waals surface area contributed by atoms with Crippen molar-refractivity contribution in [3.8, 4) is 56.3 Å². The second-order valence-corrected chi connectivity index (χ2v) is 33.1. The van der Waals surface area contributed by atoms with E-state index in [0.29, 0.717) is 12.3 Å². The number of pyridine rings is 5. The van der Waals surface area contributed by atoms with Crippen LogP contribution in [0.2, 0.25) is 0 Å². The molecule has 5 atom stereocenters. The highest BCUT2D eigenvalue weighted by atomic mass is 15.4. The molecule has 0 bridgehead atoms. The molecule has 0 amide bonds. The van der Waals surface area contributed by atoms with E-state index in [1.54, 1.807) is 0 Å². The fourth-order valence-corrected chi connectivity index (χ4v) is 17.7. The van der Waals surface area contributed by atoms with Gasteiger partial charge in [-0.3, -0.25) is 0 Å². The van der Waals surface area contributed by atoms with Crippen LogP contribution < -0.4 is 62.0 Å². The van der Waals surface area contributed by atoms with Crippen molar-refractivity contribution in [1.82, 2.24) is 9.80 Å². The number of rotatable bonds is 10. The number of aryl methyl sites for hydroxylation is 8. The summed E-state index contributed by atoms with van der Waals surface area (Å²) < 4.78 is 10.9. The van der Waals surface area contributed by atoms with E-state index in [9.17, 15) is 0 Å². The molecule has 18 rings (SSSR count). The normalized spacial score (nSPS) is 16.6. The Hall–Kier alpha value is -13.0. The van der Waals surface area contributed by atoms with E-state index in [1.807, 2.05) is 0 Å². The molecule has 0 aliphatic carbocycles. The van der Waals surface area contributed by atoms with Crippen molar-refractivity contribution in [1.29, 1.82) is 0 Å². The lowest BCUT2D eigenvalue weighted by molar-refractivity contribution is -0.660. The summed E-state index contributed by atoms with van der Waals surface area (Å²) in [6.45, 7) is 28.8. The van der Waals surface area contributed by atoms with Crippen molar-refractivity contribution in [3.63, 3.8) is 0 Å². The van der Waals surface area contributed by atoms with Crippen molar-refractivity contribution in [3.05, 3.63) is 337 Å². The van der Waals surface area contributed by atoms with Crippen molar-refractivity contribution < 1.29 is 22.8 Å². The minimum absolute atomic E-state index is 0.285. The molecule has 5 aromatic heterocycles. The molecular weight excluding hydrogens is 1470 g/mol. The summed E-state index contributed by atoms with van der Waals surface area (Å²) in [5.74, 6) is 0. The quantitative estimate of drug-likeness (QED) is 0.124. The van der Waals surface area contributed by atoms with Crippen LogP contribution in [-0.4, -0.2) is 75.9 Å². The second kappa shape index (κ2) is 35.3. The first-order valence-corrected chi connectivity index (χ1v) is 42.1. The summed E-state index contributed by atoms with van der Waals surface area (Å²) in [6, 6.07) is 84.8. The van der Waals surface area contributed by atoms with E-state index in [-0.39, 0.29) is 18.5 Å². The molecule has 8 aromatic carbocycles. The number of hydrogen-bond donors (Lipinski definition) is 0. The summed E-state index contributed by atoms with van der Waals surface area (Å²) in [5, 5.41) is 0. The van der Waals surface area contributed by atoms with Crippen molar-refractivity contribution in [2.75, 3.05) is 74.4 Å².